The largest absolute Gasteiger partial charge is 0.396 e. The van der Waals surface area contributed by atoms with Gasteiger partial charge in [0.1, 0.15) is 0 Å². The Morgan fingerprint density at radius 2 is 1.67 bits per heavy atom. The number of fused-ring (bicyclic) bond motifs is 1. The summed E-state index contributed by atoms with van der Waals surface area (Å²) in [5, 5.41) is 0.389. The molecule has 0 unspecified atom stereocenters. The minimum absolute atomic E-state index is 0.284. The van der Waals surface area contributed by atoms with Crippen LogP contribution in [-0.2, 0) is 5.41 Å². The van der Waals surface area contributed by atoms with E-state index in [-0.39, 0.29) is 5.41 Å². The predicted octanol–water partition coefficient (Wildman–Crippen LogP) is 4.79. The Morgan fingerprint density at radius 1 is 1.11 bits per heavy atom. The van der Waals surface area contributed by atoms with E-state index in [4.69, 9.17) is 0 Å². The maximum absolute atomic E-state index is 2.74. The standard InChI is InChI=1S/C16H27NSi/c1-15(2,3)18(6,7)17-12-16(4,5)13-10-8-9-11-14(13)17/h8-11H,12H2,1-7H3. The minimum atomic E-state index is -1.48. The van der Waals surface area contributed by atoms with E-state index in [2.05, 4.69) is 76.5 Å². The summed E-state index contributed by atoms with van der Waals surface area (Å²) in [4.78, 5) is 0. The molecule has 1 aliphatic rings. The van der Waals surface area contributed by atoms with E-state index in [0.717, 1.165) is 0 Å². The zero-order valence-corrected chi connectivity index (χ0v) is 14.0. The summed E-state index contributed by atoms with van der Waals surface area (Å²) in [7, 11) is -1.48. The summed E-state index contributed by atoms with van der Waals surface area (Å²) >= 11 is 0. The van der Waals surface area contributed by atoms with E-state index in [1.165, 1.54) is 17.8 Å². The van der Waals surface area contributed by atoms with E-state index >= 15 is 0 Å². The molecule has 0 aromatic heterocycles. The number of para-hydroxylation sites is 1. The molecule has 2 heteroatoms. The third-order valence-corrected chi connectivity index (χ3v) is 10.4. The van der Waals surface area contributed by atoms with Crippen molar-refractivity contribution in [1.82, 2.24) is 0 Å². The quantitative estimate of drug-likeness (QED) is 0.657. The average Bonchev–Trinajstić information content (AvgIpc) is 2.51. The summed E-state index contributed by atoms with van der Waals surface area (Å²) in [6, 6.07) is 8.98. The van der Waals surface area contributed by atoms with Gasteiger partial charge in [-0.05, 0) is 16.7 Å². The first kappa shape index (κ1) is 13.7. The molecule has 0 spiro atoms. The fourth-order valence-corrected chi connectivity index (χ4v) is 5.15. The molecule has 0 atom stereocenters. The maximum Gasteiger partial charge on any atom is 0.155 e. The van der Waals surface area contributed by atoms with E-state index in [9.17, 15) is 0 Å². The van der Waals surface area contributed by atoms with Crippen LogP contribution in [0.3, 0.4) is 0 Å². The van der Waals surface area contributed by atoms with Crippen LogP contribution in [0.5, 0.6) is 0 Å². The van der Waals surface area contributed by atoms with Gasteiger partial charge in [-0.3, -0.25) is 0 Å². The molecule has 0 aliphatic carbocycles. The molecule has 100 valence electrons. The second-order valence-electron chi connectivity index (χ2n) is 7.80. The second kappa shape index (κ2) is 3.86. The van der Waals surface area contributed by atoms with Crippen LogP contribution in [0.15, 0.2) is 24.3 Å². The summed E-state index contributed by atoms with van der Waals surface area (Å²) in [5.74, 6) is 0. The number of hydrogen-bond donors (Lipinski definition) is 0. The fourth-order valence-electron chi connectivity index (χ4n) is 2.75. The van der Waals surface area contributed by atoms with Gasteiger partial charge in [-0.2, -0.15) is 0 Å². The lowest BCUT2D eigenvalue weighted by Gasteiger charge is -2.46. The zero-order chi connectivity index (χ0) is 13.8. The summed E-state index contributed by atoms with van der Waals surface area (Å²) in [5.41, 5.74) is 3.29. The van der Waals surface area contributed by atoms with Gasteiger partial charge in [0, 0.05) is 17.6 Å². The van der Waals surface area contributed by atoms with E-state index in [1.54, 1.807) is 0 Å². The molecule has 0 N–H and O–H groups in total. The lowest BCUT2D eigenvalue weighted by molar-refractivity contribution is 0.566. The number of nitrogens with zero attached hydrogens (tertiary/aromatic N) is 1. The summed E-state index contributed by atoms with van der Waals surface area (Å²) < 4.78 is 2.74. The summed E-state index contributed by atoms with van der Waals surface area (Å²) in [6.45, 7) is 18.1. The van der Waals surface area contributed by atoms with E-state index in [1.807, 2.05) is 0 Å². The highest BCUT2D eigenvalue weighted by atomic mass is 28.3. The van der Waals surface area contributed by atoms with Crippen LogP contribution >= 0.6 is 0 Å². The van der Waals surface area contributed by atoms with Crippen molar-refractivity contribution in [3.05, 3.63) is 29.8 Å². The molecule has 0 bridgehead atoms. The maximum atomic E-state index is 2.74. The highest BCUT2D eigenvalue weighted by molar-refractivity contribution is 6.83. The Kier molecular flexibility index (Phi) is 2.93. The van der Waals surface area contributed by atoms with Crippen LogP contribution in [0.2, 0.25) is 18.1 Å². The monoisotopic (exact) mass is 261 g/mol. The molecule has 1 heterocycles. The molecule has 0 fully saturated rings. The normalized spacial score (nSPS) is 18.9. The Labute approximate surface area is 113 Å². The molecule has 0 amide bonds. The predicted molar refractivity (Wildman–Crippen MR) is 84.0 cm³/mol. The van der Waals surface area contributed by atoms with Crippen LogP contribution in [0, 0.1) is 0 Å². The van der Waals surface area contributed by atoms with Crippen molar-refractivity contribution >= 4 is 13.9 Å². The van der Waals surface area contributed by atoms with Crippen molar-refractivity contribution in [2.45, 2.75) is 58.2 Å². The van der Waals surface area contributed by atoms with Crippen LogP contribution in [0.4, 0.5) is 5.69 Å². The fraction of sp³-hybridized carbons (Fsp3) is 0.625. The first-order valence-electron chi connectivity index (χ1n) is 6.94. The van der Waals surface area contributed by atoms with Crippen LogP contribution in [-0.4, -0.2) is 14.8 Å². The molecule has 1 aromatic carbocycles. The van der Waals surface area contributed by atoms with Gasteiger partial charge in [0.2, 0.25) is 0 Å². The van der Waals surface area contributed by atoms with Gasteiger partial charge in [0.15, 0.2) is 8.24 Å². The van der Waals surface area contributed by atoms with Crippen LogP contribution in [0.25, 0.3) is 0 Å². The molecule has 1 aromatic rings. The minimum Gasteiger partial charge on any atom is -0.396 e. The van der Waals surface area contributed by atoms with E-state index in [0.29, 0.717) is 5.04 Å². The van der Waals surface area contributed by atoms with Crippen molar-refractivity contribution < 1.29 is 0 Å². The third-order valence-electron chi connectivity index (χ3n) is 4.99. The smallest absolute Gasteiger partial charge is 0.155 e. The Bertz CT molecular complexity index is 454. The Hall–Kier alpha value is -0.763. The van der Waals surface area contributed by atoms with Crippen molar-refractivity contribution in [3.63, 3.8) is 0 Å². The third kappa shape index (κ3) is 1.91. The van der Waals surface area contributed by atoms with Crippen molar-refractivity contribution in [1.29, 1.82) is 0 Å². The Balaban J connectivity index is 2.52. The molecule has 0 saturated heterocycles. The zero-order valence-electron chi connectivity index (χ0n) is 13.0. The van der Waals surface area contributed by atoms with Gasteiger partial charge >= 0.3 is 0 Å². The van der Waals surface area contributed by atoms with E-state index < -0.39 is 8.24 Å². The molecule has 0 saturated carbocycles. The number of hydrogen-bond acceptors (Lipinski definition) is 1. The molecule has 0 radical (unpaired) electrons. The lowest BCUT2D eigenvalue weighted by Crippen LogP contribution is -2.55. The van der Waals surface area contributed by atoms with Gasteiger partial charge in [-0.1, -0.05) is 65.9 Å². The number of benzene rings is 1. The Morgan fingerprint density at radius 3 is 2.22 bits per heavy atom. The topological polar surface area (TPSA) is 3.24 Å². The first-order chi connectivity index (χ1) is 8.07. The molecule has 18 heavy (non-hydrogen) atoms. The van der Waals surface area contributed by atoms with Crippen LogP contribution in [0.1, 0.15) is 40.2 Å². The first-order valence-corrected chi connectivity index (χ1v) is 9.89. The lowest BCUT2D eigenvalue weighted by atomic mass is 9.87. The van der Waals surface area contributed by atoms with Gasteiger partial charge in [0.25, 0.3) is 0 Å². The van der Waals surface area contributed by atoms with Crippen molar-refractivity contribution in [2.75, 3.05) is 11.1 Å². The highest BCUT2D eigenvalue weighted by Crippen LogP contribution is 2.48. The highest BCUT2D eigenvalue weighted by Gasteiger charge is 2.47. The van der Waals surface area contributed by atoms with Gasteiger partial charge < -0.3 is 4.57 Å². The average molecular weight is 261 g/mol. The number of rotatable bonds is 1. The summed E-state index contributed by atoms with van der Waals surface area (Å²) in [6.07, 6.45) is 0. The second-order valence-corrected chi connectivity index (χ2v) is 13.0. The SMILES string of the molecule is CC1(C)CN([Si](C)(C)C(C)(C)C)c2ccccc21. The molecule has 1 nitrogen and oxygen atoms in total. The van der Waals surface area contributed by atoms with Gasteiger partial charge in [-0.15, -0.1) is 0 Å². The molecule has 2 rings (SSSR count). The van der Waals surface area contributed by atoms with Crippen molar-refractivity contribution in [2.24, 2.45) is 0 Å². The molecular formula is C16H27NSi. The molecule has 1 aliphatic heterocycles. The molecular weight excluding hydrogens is 234 g/mol. The van der Waals surface area contributed by atoms with Crippen LogP contribution < -0.4 is 4.57 Å². The van der Waals surface area contributed by atoms with Gasteiger partial charge in [0.05, 0.1) is 0 Å². The van der Waals surface area contributed by atoms with Crippen molar-refractivity contribution in [3.8, 4) is 0 Å². The number of anilines is 1. The van der Waals surface area contributed by atoms with Gasteiger partial charge in [-0.25, -0.2) is 0 Å².